The third-order valence-electron chi connectivity index (χ3n) is 4.76. The number of pyridine rings is 1. The quantitative estimate of drug-likeness (QED) is 0.565. The van der Waals surface area contributed by atoms with Crippen LogP contribution in [-0.4, -0.2) is 19.6 Å². The van der Waals surface area contributed by atoms with Crippen LogP contribution in [0, 0.1) is 19.7 Å². The van der Waals surface area contributed by atoms with E-state index in [1.165, 1.54) is 30.5 Å². The molecule has 0 spiro atoms. The summed E-state index contributed by atoms with van der Waals surface area (Å²) in [4.78, 5) is 22.0. The van der Waals surface area contributed by atoms with Crippen molar-refractivity contribution in [1.82, 2.24) is 14.5 Å². The summed E-state index contributed by atoms with van der Waals surface area (Å²) >= 11 is 0. The maximum Gasteiger partial charge on any atom is 0.266 e. The highest BCUT2D eigenvalue weighted by Crippen LogP contribution is 2.23. The lowest BCUT2D eigenvalue weighted by Crippen LogP contribution is -2.24. The number of benzene rings is 2. The van der Waals surface area contributed by atoms with E-state index in [0.29, 0.717) is 22.3 Å². The number of aromatic nitrogens is 3. The molecule has 0 aliphatic carbocycles. The standard InChI is InChI=1S/C23H18FN3O2/c1-14-4-3-5-15(2)22(14)27-21(9-6-16-12-17(24)7-8-20(16)28)26-19-13-25-11-10-18(19)23(27)29/h3-13,28H,1-2H3/b9-6+. The molecule has 0 bridgehead atoms. The second kappa shape index (κ2) is 7.31. The van der Waals surface area contributed by atoms with Gasteiger partial charge in [0.15, 0.2) is 0 Å². The molecule has 4 rings (SSSR count). The van der Waals surface area contributed by atoms with Crippen LogP contribution in [0.5, 0.6) is 5.75 Å². The number of nitrogens with zero attached hydrogens (tertiary/aromatic N) is 3. The Bertz CT molecular complexity index is 1310. The Kier molecular flexibility index (Phi) is 4.68. The molecule has 5 nitrogen and oxygen atoms in total. The van der Waals surface area contributed by atoms with E-state index in [-0.39, 0.29) is 11.3 Å². The Morgan fingerprint density at radius 1 is 1.07 bits per heavy atom. The van der Waals surface area contributed by atoms with Crippen molar-refractivity contribution in [3.8, 4) is 11.4 Å². The molecule has 144 valence electrons. The van der Waals surface area contributed by atoms with Crippen molar-refractivity contribution in [2.24, 2.45) is 0 Å². The highest BCUT2D eigenvalue weighted by atomic mass is 19.1. The van der Waals surface area contributed by atoms with Crippen molar-refractivity contribution in [3.63, 3.8) is 0 Å². The zero-order valence-electron chi connectivity index (χ0n) is 15.9. The molecule has 0 unspecified atom stereocenters. The Hall–Kier alpha value is -3.80. The van der Waals surface area contributed by atoms with Crippen LogP contribution in [0.25, 0.3) is 28.7 Å². The normalized spacial score (nSPS) is 11.4. The molecule has 0 aliphatic rings. The van der Waals surface area contributed by atoms with Crippen molar-refractivity contribution in [2.45, 2.75) is 13.8 Å². The van der Waals surface area contributed by atoms with Gasteiger partial charge < -0.3 is 5.11 Å². The topological polar surface area (TPSA) is 68.0 Å². The molecule has 1 N–H and O–H groups in total. The summed E-state index contributed by atoms with van der Waals surface area (Å²) in [5, 5.41) is 10.4. The highest BCUT2D eigenvalue weighted by Gasteiger charge is 2.15. The van der Waals surface area contributed by atoms with Crippen molar-refractivity contribution in [3.05, 3.63) is 93.5 Å². The first-order valence-electron chi connectivity index (χ1n) is 9.05. The number of aryl methyl sites for hydroxylation is 2. The fourth-order valence-electron chi connectivity index (χ4n) is 3.36. The van der Waals surface area contributed by atoms with Crippen LogP contribution in [0.2, 0.25) is 0 Å². The lowest BCUT2D eigenvalue weighted by atomic mass is 10.1. The minimum atomic E-state index is -0.467. The predicted octanol–water partition coefficient (Wildman–Crippen LogP) is 4.41. The van der Waals surface area contributed by atoms with E-state index in [4.69, 9.17) is 0 Å². The molecular weight excluding hydrogens is 369 g/mol. The molecule has 6 heteroatoms. The number of fused-ring (bicyclic) bond motifs is 1. The highest BCUT2D eigenvalue weighted by molar-refractivity contribution is 5.80. The largest absolute Gasteiger partial charge is 0.507 e. The Morgan fingerprint density at radius 2 is 1.83 bits per heavy atom. The van der Waals surface area contributed by atoms with Crippen LogP contribution in [0.3, 0.4) is 0 Å². The van der Waals surface area contributed by atoms with Crippen LogP contribution in [0.1, 0.15) is 22.5 Å². The molecule has 0 atom stereocenters. The molecule has 0 aliphatic heterocycles. The van der Waals surface area contributed by atoms with E-state index >= 15 is 0 Å². The van der Waals surface area contributed by atoms with Crippen molar-refractivity contribution in [1.29, 1.82) is 0 Å². The smallest absolute Gasteiger partial charge is 0.266 e. The number of para-hydroxylation sites is 1. The number of phenolic OH excluding ortho intramolecular Hbond substituents is 1. The molecule has 2 aromatic heterocycles. The molecule has 2 aromatic carbocycles. The molecule has 0 saturated heterocycles. The first-order chi connectivity index (χ1) is 14.0. The second-order valence-corrected chi connectivity index (χ2v) is 6.78. The van der Waals surface area contributed by atoms with E-state index in [1.54, 1.807) is 22.9 Å². The van der Waals surface area contributed by atoms with Crippen LogP contribution in [0.15, 0.2) is 59.7 Å². The van der Waals surface area contributed by atoms with Gasteiger partial charge in [0.2, 0.25) is 0 Å². The fraction of sp³-hybridized carbons (Fsp3) is 0.0870. The Labute approximate surface area is 166 Å². The summed E-state index contributed by atoms with van der Waals surface area (Å²) in [6.45, 7) is 3.86. The van der Waals surface area contributed by atoms with Gasteiger partial charge in [-0.25, -0.2) is 9.37 Å². The number of hydrogen-bond donors (Lipinski definition) is 1. The average molecular weight is 387 g/mol. The summed E-state index contributed by atoms with van der Waals surface area (Å²) in [6.07, 6.45) is 6.21. The summed E-state index contributed by atoms with van der Waals surface area (Å²) in [5.74, 6) is -0.173. The van der Waals surface area contributed by atoms with Crippen LogP contribution >= 0.6 is 0 Å². The Balaban J connectivity index is 2.01. The van der Waals surface area contributed by atoms with Gasteiger partial charge >= 0.3 is 0 Å². The van der Waals surface area contributed by atoms with E-state index in [2.05, 4.69) is 9.97 Å². The minimum Gasteiger partial charge on any atom is -0.507 e. The monoisotopic (exact) mass is 387 g/mol. The zero-order valence-corrected chi connectivity index (χ0v) is 15.9. The summed E-state index contributed by atoms with van der Waals surface area (Å²) < 4.78 is 15.1. The van der Waals surface area contributed by atoms with Crippen LogP contribution in [0.4, 0.5) is 4.39 Å². The molecule has 2 heterocycles. The van der Waals surface area contributed by atoms with Gasteiger partial charge in [-0.3, -0.25) is 14.3 Å². The first kappa shape index (κ1) is 18.6. The average Bonchev–Trinajstić information content (AvgIpc) is 2.70. The number of aromatic hydroxyl groups is 1. The number of rotatable bonds is 3. The molecule has 0 amide bonds. The predicted molar refractivity (Wildman–Crippen MR) is 112 cm³/mol. The fourth-order valence-corrected chi connectivity index (χ4v) is 3.36. The number of phenols is 1. The van der Waals surface area contributed by atoms with Gasteiger partial charge in [-0.1, -0.05) is 18.2 Å². The molecule has 0 radical (unpaired) electrons. The zero-order chi connectivity index (χ0) is 20.5. The van der Waals surface area contributed by atoms with Gasteiger partial charge in [-0.2, -0.15) is 0 Å². The lowest BCUT2D eigenvalue weighted by Gasteiger charge is -2.16. The van der Waals surface area contributed by atoms with E-state index in [0.717, 1.165) is 16.8 Å². The number of halogens is 1. The lowest BCUT2D eigenvalue weighted by molar-refractivity contribution is 0.472. The summed E-state index contributed by atoms with van der Waals surface area (Å²) in [6, 6.07) is 11.1. The molecule has 4 aromatic rings. The maximum atomic E-state index is 13.6. The SMILES string of the molecule is Cc1cccc(C)c1-n1c(/C=C/c2cc(F)ccc2O)nc2cnccc2c1=O. The van der Waals surface area contributed by atoms with Crippen LogP contribution < -0.4 is 5.56 Å². The molecule has 0 fully saturated rings. The third-order valence-corrected chi connectivity index (χ3v) is 4.76. The minimum absolute atomic E-state index is 0.0638. The van der Waals surface area contributed by atoms with Crippen molar-refractivity contribution >= 4 is 23.1 Å². The molecule has 29 heavy (non-hydrogen) atoms. The van der Waals surface area contributed by atoms with Gasteiger partial charge in [0.05, 0.1) is 22.8 Å². The van der Waals surface area contributed by atoms with E-state index < -0.39 is 5.82 Å². The second-order valence-electron chi connectivity index (χ2n) is 6.78. The summed E-state index contributed by atoms with van der Waals surface area (Å²) in [7, 11) is 0. The third kappa shape index (κ3) is 3.40. The number of hydrogen-bond acceptors (Lipinski definition) is 4. The molecular formula is C23H18FN3O2. The summed E-state index contributed by atoms with van der Waals surface area (Å²) in [5.41, 5.74) is 3.11. The van der Waals surface area contributed by atoms with Gasteiger partial charge in [0, 0.05) is 11.8 Å². The Morgan fingerprint density at radius 3 is 2.59 bits per heavy atom. The maximum absolute atomic E-state index is 13.6. The van der Waals surface area contributed by atoms with Crippen molar-refractivity contribution < 1.29 is 9.50 Å². The van der Waals surface area contributed by atoms with Crippen molar-refractivity contribution in [2.75, 3.05) is 0 Å². The first-order valence-corrected chi connectivity index (χ1v) is 9.05. The van der Waals surface area contributed by atoms with Gasteiger partial charge in [0.1, 0.15) is 17.4 Å². The van der Waals surface area contributed by atoms with Gasteiger partial charge in [0.25, 0.3) is 5.56 Å². The van der Waals surface area contributed by atoms with E-state index in [9.17, 15) is 14.3 Å². The van der Waals surface area contributed by atoms with Gasteiger partial charge in [-0.15, -0.1) is 0 Å². The van der Waals surface area contributed by atoms with Crippen LogP contribution in [-0.2, 0) is 0 Å². The van der Waals surface area contributed by atoms with E-state index in [1.807, 2.05) is 32.0 Å². The van der Waals surface area contributed by atoms with Gasteiger partial charge in [-0.05, 0) is 61.4 Å². The molecule has 0 saturated carbocycles.